The van der Waals surface area contributed by atoms with Crippen molar-refractivity contribution in [1.29, 1.82) is 0 Å². The van der Waals surface area contributed by atoms with Gasteiger partial charge in [-0.25, -0.2) is 0 Å². The zero-order valence-electron chi connectivity index (χ0n) is 9.55. The standard InChI is InChI=1S/C11H13NO.C2H4/c1-7-4-5-8-9(6-7)12-10(13)11(8,2)3;1-2/h4-6H,1-3H3,(H,12,13);1-2H2. The van der Waals surface area contributed by atoms with Crippen molar-refractivity contribution in [2.45, 2.75) is 26.2 Å². The van der Waals surface area contributed by atoms with Gasteiger partial charge in [0.1, 0.15) is 0 Å². The molecule has 1 aliphatic heterocycles. The molecule has 0 unspecified atom stereocenters. The first-order valence-corrected chi connectivity index (χ1v) is 4.94. The van der Waals surface area contributed by atoms with E-state index in [1.807, 2.05) is 39.0 Å². The first-order valence-electron chi connectivity index (χ1n) is 4.94. The van der Waals surface area contributed by atoms with Gasteiger partial charge in [0.25, 0.3) is 0 Å². The van der Waals surface area contributed by atoms with E-state index in [-0.39, 0.29) is 11.3 Å². The van der Waals surface area contributed by atoms with Crippen molar-refractivity contribution in [3.05, 3.63) is 42.5 Å². The summed E-state index contributed by atoms with van der Waals surface area (Å²) in [6.07, 6.45) is 0. The third-order valence-corrected chi connectivity index (χ3v) is 2.66. The molecular weight excluding hydrogens is 186 g/mol. The average Bonchev–Trinajstić information content (AvgIpc) is 2.41. The number of rotatable bonds is 0. The number of aryl methyl sites for hydroxylation is 1. The van der Waals surface area contributed by atoms with Gasteiger partial charge in [-0.15, -0.1) is 13.2 Å². The molecule has 0 spiro atoms. The molecule has 1 N–H and O–H groups in total. The van der Waals surface area contributed by atoms with E-state index in [0.29, 0.717) is 0 Å². The molecule has 1 amide bonds. The van der Waals surface area contributed by atoms with Gasteiger partial charge in [-0.3, -0.25) is 4.79 Å². The molecule has 0 atom stereocenters. The number of carbonyl (C=O) groups is 1. The third kappa shape index (κ3) is 1.80. The van der Waals surface area contributed by atoms with Crippen LogP contribution in [-0.2, 0) is 10.2 Å². The Morgan fingerprint density at radius 2 is 1.87 bits per heavy atom. The van der Waals surface area contributed by atoms with Crippen LogP contribution in [0.25, 0.3) is 0 Å². The lowest BCUT2D eigenvalue weighted by atomic mass is 9.86. The number of anilines is 1. The molecule has 2 heteroatoms. The van der Waals surface area contributed by atoms with E-state index in [9.17, 15) is 4.79 Å². The van der Waals surface area contributed by atoms with Crippen LogP contribution in [0.5, 0.6) is 0 Å². The Morgan fingerprint density at radius 1 is 1.27 bits per heavy atom. The summed E-state index contributed by atoms with van der Waals surface area (Å²) in [5.41, 5.74) is 2.87. The molecule has 0 aromatic heterocycles. The predicted molar refractivity (Wildman–Crippen MR) is 64.1 cm³/mol. The van der Waals surface area contributed by atoms with Crippen molar-refractivity contribution >= 4 is 11.6 Å². The van der Waals surface area contributed by atoms with E-state index < -0.39 is 0 Å². The van der Waals surface area contributed by atoms with Crippen LogP contribution in [0.1, 0.15) is 25.0 Å². The maximum atomic E-state index is 11.6. The van der Waals surface area contributed by atoms with Crippen LogP contribution in [0.3, 0.4) is 0 Å². The van der Waals surface area contributed by atoms with E-state index >= 15 is 0 Å². The van der Waals surface area contributed by atoms with E-state index in [4.69, 9.17) is 0 Å². The highest BCUT2D eigenvalue weighted by atomic mass is 16.2. The number of benzene rings is 1. The molecule has 1 heterocycles. The Labute approximate surface area is 91.0 Å². The fourth-order valence-corrected chi connectivity index (χ4v) is 1.71. The fraction of sp³-hybridized carbons (Fsp3) is 0.308. The van der Waals surface area contributed by atoms with Crippen LogP contribution in [0, 0.1) is 6.92 Å². The van der Waals surface area contributed by atoms with Crippen molar-refractivity contribution in [2.75, 3.05) is 5.32 Å². The number of carbonyl (C=O) groups excluding carboxylic acids is 1. The normalized spacial score (nSPS) is 16.1. The minimum absolute atomic E-state index is 0.0908. The molecule has 0 radical (unpaired) electrons. The summed E-state index contributed by atoms with van der Waals surface area (Å²) in [5.74, 6) is 0.0908. The van der Waals surface area contributed by atoms with Crippen LogP contribution >= 0.6 is 0 Å². The van der Waals surface area contributed by atoms with Crippen LogP contribution in [-0.4, -0.2) is 5.91 Å². The molecule has 0 fully saturated rings. The minimum atomic E-state index is -0.372. The molecule has 80 valence electrons. The largest absolute Gasteiger partial charge is 0.325 e. The van der Waals surface area contributed by atoms with Crippen LogP contribution in [0.2, 0.25) is 0 Å². The molecule has 2 nitrogen and oxygen atoms in total. The van der Waals surface area contributed by atoms with Crippen molar-refractivity contribution in [3.63, 3.8) is 0 Å². The Hall–Kier alpha value is -1.57. The molecule has 1 aromatic rings. The van der Waals surface area contributed by atoms with Gasteiger partial charge < -0.3 is 5.32 Å². The molecule has 0 saturated carbocycles. The highest BCUT2D eigenvalue weighted by Crippen LogP contribution is 2.37. The predicted octanol–water partition coefficient (Wildman–Crippen LogP) is 3.03. The topological polar surface area (TPSA) is 29.1 Å². The second kappa shape index (κ2) is 3.89. The molecular formula is C13H17NO. The van der Waals surface area contributed by atoms with Crippen LogP contribution < -0.4 is 5.32 Å². The van der Waals surface area contributed by atoms with Crippen LogP contribution in [0.4, 0.5) is 5.69 Å². The second-order valence-electron chi connectivity index (χ2n) is 4.13. The molecule has 0 bridgehead atoms. The fourth-order valence-electron chi connectivity index (χ4n) is 1.71. The maximum Gasteiger partial charge on any atom is 0.234 e. The first-order chi connectivity index (χ1) is 7.01. The lowest BCUT2D eigenvalue weighted by molar-refractivity contribution is -0.119. The minimum Gasteiger partial charge on any atom is -0.325 e. The Bertz CT molecular complexity index is 394. The quantitative estimate of drug-likeness (QED) is 0.645. The average molecular weight is 203 g/mol. The van der Waals surface area contributed by atoms with Crippen LogP contribution in [0.15, 0.2) is 31.4 Å². The second-order valence-corrected chi connectivity index (χ2v) is 4.13. The van der Waals surface area contributed by atoms with Gasteiger partial charge >= 0.3 is 0 Å². The lowest BCUT2D eigenvalue weighted by Crippen LogP contribution is -2.26. The lowest BCUT2D eigenvalue weighted by Gasteiger charge is -2.14. The van der Waals surface area contributed by atoms with E-state index in [0.717, 1.165) is 11.3 Å². The van der Waals surface area contributed by atoms with Crippen molar-refractivity contribution in [2.24, 2.45) is 0 Å². The number of amides is 1. The monoisotopic (exact) mass is 203 g/mol. The third-order valence-electron chi connectivity index (χ3n) is 2.66. The summed E-state index contributed by atoms with van der Waals surface area (Å²) in [6.45, 7) is 11.9. The van der Waals surface area contributed by atoms with Gasteiger partial charge in [0.2, 0.25) is 5.91 Å². The SMILES string of the molecule is C=C.Cc1ccc2c(c1)NC(=O)C2(C)C. The summed E-state index contributed by atoms with van der Waals surface area (Å²) >= 11 is 0. The Kier molecular flexibility index (Phi) is 2.98. The maximum absolute atomic E-state index is 11.6. The van der Waals surface area contributed by atoms with Gasteiger partial charge in [-0.05, 0) is 38.0 Å². The molecule has 0 aliphatic carbocycles. The van der Waals surface area contributed by atoms with E-state index in [1.165, 1.54) is 5.56 Å². The molecule has 15 heavy (non-hydrogen) atoms. The highest BCUT2D eigenvalue weighted by molar-refractivity contribution is 6.05. The van der Waals surface area contributed by atoms with Crippen molar-refractivity contribution in [3.8, 4) is 0 Å². The van der Waals surface area contributed by atoms with Crippen molar-refractivity contribution < 1.29 is 4.79 Å². The highest BCUT2D eigenvalue weighted by Gasteiger charge is 2.37. The molecule has 2 rings (SSSR count). The van der Waals surface area contributed by atoms with Gasteiger partial charge in [-0.1, -0.05) is 12.1 Å². The van der Waals surface area contributed by atoms with Gasteiger partial charge in [0.05, 0.1) is 5.41 Å². The van der Waals surface area contributed by atoms with Crippen molar-refractivity contribution in [1.82, 2.24) is 0 Å². The molecule has 0 saturated heterocycles. The Morgan fingerprint density at radius 3 is 2.47 bits per heavy atom. The van der Waals surface area contributed by atoms with E-state index in [2.05, 4.69) is 18.5 Å². The first kappa shape index (κ1) is 11.5. The summed E-state index contributed by atoms with van der Waals surface area (Å²) < 4.78 is 0. The number of hydrogen-bond donors (Lipinski definition) is 1. The van der Waals surface area contributed by atoms with Gasteiger partial charge in [-0.2, -0.15) is 0 Å². The Balaban J connectivity index is 0.000000531. The summed E-state index contributed by atoms with van der Waals surface area (Å²) in [4.78, 5) is 11.6. The number of fused-ring (bicyclic) bond motifs is 1. The zero-order valence-corrected chi connectivity index (χ0v) is 9.55. The van der Waals surface area contributed by atoms with E-state index in [1.54, 1.807) is 0 Å². The molecule has 1 aliphatic rings. The number of hydrogen-bond acceptors (Lipinski definition) is 1. The summed E-state index contributed by atoms with van der Waals surface area (Å²) in [6, 6.07) is 6.09. The summed E-state index contributed by atoms with van der Waals surface area (Å²) in [7, 11) is 0. The molecule has 1 aromatic carbocycles. The van der Waals surface area contributed by atoms with Gasteiger partial charge in [0, 0.05) is 5.69 Å². The van der Waals surface area contributed by atoms with Gasteiger partial charge in [0.15, 0.2) is 0 Å². The zero-order chi connectivity index (χ0) is 11.6. The number of nitrogens with one attached hydrogen (secondary N) is 1. The summed E-state index contributed by atoms with van der Waals surface area (Å²) in [5, 5.41) is 2.89. The smallest absolute Gasteiger partial charge is 0.234 e.